The smallest absolute Gasteiger partial charge is 0.261 e. The van der Waals surface area contributed by atoms with E-state index in [0.717, 1.165) is 11.3 Å². The largest absolute Gasteiger partial charge is 0.497 e. The predicted molar refractivity (Wildman–Crippen MR) is 117 cm³/mol. The molecule has 0 aliphatic heterocycles. The van der Waals surface area contributed by atoms with E-state index < -0.39 is 10.0 Å². The number of sulfonamides is 1. The number of ether oxygens (including phenoxy) is 1. The van der Waals surface area contributed by atoms with Crippen molar-refractivity contribution in [1.82, 2.24) is 5.32 Å². The third kappa shape index (κ3) is 5.18. The van der Waals surface area contributed by atoms with Crippen LogP contribution in [0.2, 0.25) is 0 Å². The van der Waals surface area contributed by atoms with Crippen molar-refractivity contribution in [2.75, 3.05) is 11.8 Å². The summed E-state index contributed by atoms with van der Waals surface area (Å²) in [6.45, 7) is 1.99. The maximum Gasteiger partial charge on any atom is 0.261 e. The average Bonchev–Trinajstić information content (AvgIpc) is 2.78. The third-order valence-electron chi connectivity index (χ3n) is 4.66. The van der Waals surface area contributed by atoms with Crippen molar-refractivity contribution in [2.45, 2.75) is 24.3 Å². The maximum absolute atomic E-state index is 12.8. The van der Waals surface area contributed by atoms with E-state index in [2.05, 4.69) is 10.0 Å². The predicted octanol–water partition coefficient (Wildman–Crippen LogP) is 4.38. The quantitative estimate of drug-likeness (QED) is 0.562. The van der Waals surface area contributed by atoms with Gasteiger partial charge < -0.3 is 10.1 Å². The second-order valence-electron chi connectivity index (χ2n) is 6.71. The van der Waals surface area contributed by atoms with Crippen LogP contribution in [0.1, 0.15) is 35.3 Å². The molecule has 0 aliphatic rings. The summed E-state index contributed by atoms with van der Waals surface area (Å²) >= 11 is 0. The van der Waals surface area contributed by atoms with Crippen LogP contribution in [-0.2, 0) is 10.0 Å². The number of amides is 1. The number of methoxy groups -OCH3 is 1. The lowest BCUT2D eigenvalue weighted by Gasteiger charge is -2.18. The van der Waals surface area contributed by atoms with E-state index in [9.17, 15) is 13.2 Å². The Morgan fingerprint density at radius 1 is 0.967 bits per heavy atom. The Labute approximate surface area is 177 Å². The Morgan fingerprint density at radius 2 is 1.67 bits per heavy atom. The fourth-order valence-electron chi connectivity index (χ4n) is 3.04. The molecule has 0 aromatic heterocycles. The zero-order valence-electron chi connectivity index (χ0n) is 16.8. The average molecular weight is 425 g/mol. The van der Waals surface area contributed by atoms with Crippen LogP contribution in [0.5, 0.6) is 5.75 Å². The van der Waals surface area contributed by atoms with Gasteiger partial charge in [0.25, 0.3) is 15.9 Å². The molecule has 6 nitrogen and oxygen atoms in total. The molecule has 0 radical (unpaired) electrons. The molecule has 0 bridgehead atoms. The molecule has 30 heavy (non-hydrogen) atoms. The summed E-state index contributed by atoms with van der Waals surface area (Å²) in [5.74, 6) is 0.469. The fraction of sp³-hybridized carbons (Fsp3) is 0.174. The molecule has 7 heteroatoms. The van der Waals surface area contributed by atoms with Gasteiger partial charge in [0.05, 0.1) is 18.0 Å². The molecule has 1 unspecified atom stereocenters. The molecular weight excluding hydrogens is 400 g/mol. The first-order chi connectivity index (χ1) is 14.4. The highest BCUT2D eigenvalue weighted by Gasteiger charge is 2.17. The van der Waals surface area contributed by atoms with Crippen LogP contribution in [0.3, 0.4) is 0 Å². The number of benzene rings is 3. The van der Waals surface area contributed by atoms with Crippen LogP contribution in [0.25, 0.3) is 0 Å². The van der Waals surface area contributed by atoms with Gasteiger partial charge in [0, 0.05) is 11.3 Å². The highest BCUT2D eigenvalue weighted by Crippen LogP contribution is 2.22. The normalized spacial score (nSPS) is 12.1. The fourth-order valence-corrected chi connectivity index (χ4v) is 4.11. The van der Waals surface area contributed by atoms with Gasteiger partial charge in [-0.05, 0) is 54.4 Å². The molecule has 0 spiro atoms. The molecule has 2 N–H and O–H groups in total. The van der Waals surface area contributed by atoms with Gasteiger partial charge in [-0.25, -0.2) is 8.42 Å². The summed E-state index contributed by atoms with van der Waals surface area (Å²) in [5.41, 5.74) is 1.66. The zero-order valence-corrected chi connectivity index (χ0v) is 17.6. The van der Waals surface area contributed by atoms with Crippen molar-refractivity contribution in [3.05, 3.63) is 90.0 Å². The van der Waals surface area contributed by atoms with Crippen LogP contribution in [0.4, 0.5) is 5.69 Å². The summed E-state index contributed by atoms with van der Waals surface area (Å²) in [7, 11) is -2.12. The van der Waals surface area contributed by atoms with Gasteiger partial charge in [0.1, 0.15) is 5.75 Å². The lowest BCUT2D eigenvalue weighted by Crippen LogP contribution is -2.28. The van der Waals surface area contributed by atoms with Gasteiger partial charge >= 0.3 is 0 Å². The summed E-state index contributed by atoms with van der Waals surface area (Å²) in [4.78, 5) is 12.9. The van der Waals surface area contributed by atoms with Gasteiger partial charge in [-0.2, -0.15) is 0 Å². The Bertz CT molecular complexity index is 1100. The van der Waals surface area contributed by atoms with Crippen molar-refractivity contribution >= 4 is 21.6 Å². The lowest BCUT2D eigenvalue weighted by molar-refractivity contribution is 0.0935. The first kappa shape index (κ1) is 21.4. The standard InChI is InChI=1S/C23H24N2O4S/c1-3-22(17-12-14-20(29-2)15-13-17)24-23(26)18-8-7-9-19(16-18)25-30(27,28)21-10-5-4-6-11-21/h4-16,22,25H,3H2,1-2H3,(H,24,26). The van der Waals surface area contributed by atoms with Crippen molar-refractivity contribution in [2.24, 2.45) is 0 Å². The molecule has 3 aromatic rings. The molecule has 0 saturated heterocycles. The zero-order chi connectivity index (χ0) is 21.6. The van der Waals surface area contributed by atoms with E-state index in [1.807, 2.05) is 31.2 Å². The topological polar surface area (TPSA) is 84.5 Å². The van der Waals surface area contributed by atoms with E-state index in [-0.39, 0.29) is 16.8 Å². The van der Waals surface area contributed by atoms with E-state index in [4.69, 9.17) is 4.74 Å². The van der Waals surface area contributed by atoms with Crippen LogP contribution in [-0.4, -0.2) is 21.4 Å². The molecular formula is C23H24N2O4S. The molecule has 3 aromatic carbocycles. The van der Waals surface area contributed by atoms with Crippen molar-refractivity contribution in [3.8, 4) is 5.75 Å². The Hall–Kier alpha value is -3.32. The highest BCUT2D eigenvalue weighted by atomic mass is 32.2. The molecule has 0 heterocycles. The van der Waals surface area contributed by atoms with Crippen LogP contribution >= 0.6 is 0 Å². The summed E-state index contributed by atoms with van der Waals surface area (Å²) in [6, 6.07) is 21.9. The Kier molecular flexibility index (Phi) is 6.74. The summed E-state index contributed by atoms with van der Waals surface area (Å²) in [5, 5.41) is 3.00. The number of carbonyl (C=O) groups excluding carboxylic acids is 1. The molecule has 3 rings (SSSR count). The SMILES string of the molecule is CCC(NC(=O)c1cccc(NS(=O)(=O)c2ccccc2)c1)c1ccc(OC)cc1. The first-order valence-corrected chi connectivity index (χ1v) is 11.0. The maximum atomic E-state index is 12.8. The number of hydrogen-bond acceptors (Lipinski definition) is 4. The molecule has 1 amide bonds. The summed E-state index contributed by atoms with van der Waals surface area (Å²) < 4.78 is 32.7. The number of rotatable bonds is 8. The van der Waals surface area contributed by atoms with Crippen LogP contribution in [0.15, 0.2) is 83.8 Å². The molecule has 0 aliphatic carbocycles. The highest BCUT2D eigenvalue weighted by molar-refractivity contribution is 7.92. The monoisotopic (exact) mass is 424 g/mol. The lowest BCUT2D eigenvalue weighted by atomic mass is 10.0. The first-order valence-electron chi connectivity index (χ1n) is 9.55. The number of nitrogens with one attached hydrogen (secondary N) is 2. The van der Waals surface area contributed by atoms with Gasteiger partial charge in [-0.1, -0.05) is 43.3 Å². The van der Waals surface area contributed by atoms with E-state index in [0.29, 0.717) is 17.7 Å². The van der Waals surface area contributed by atoms with Gasteiger partial charge in [0.15, 0.2) is 0 Å². The molecule has 0 saturated carbocycles. The Morgan fingerprint density at radius 3 is 2.30 bits per heavy atom. The second-order valence-corrected chi connectivity index (χ2v) is 8.39. The molecule has 156 valence electrons. The number of carbonyl (C=O) groups is 1. The van der Waals surface area contributed by atoms with Crippen LogP contribution < -0.4 is 14.8 Å². The third-order valence-corrected chi connectivity index (χ3v) is 6.06. The number of anilines is 1. The van der Waals surface area contributed by atoms with E-state index in [1.54, 1.807) is 43.5 Å². The van der Waals surface area contributed by atoms with Gasteiger partial charge in [-0.15, -0.1) is 0 Å². The molecule has 0 fully saturated rings. The molecule has 1 atom stereocenters. The van der Waals surface area contributed by atoms with Crippen molar-refractivity contribution < 1.29 is 17.9 Å². The second kappa shape index (κ2) is 9.45. The van der Waals surface area contributed by atoms with E-state index >= 15 is 0 Å². The van der Waals surface area contributed by atoms with Crippen LogP contribution in [0, 0.1) is 0 Å². The number of hydrogen-bond donors (Lipinski definition) is 2. The van der Waals surface area contributed by atoms with Gasteiger partial charge in [0.2, 0.25) is 0 Å². The summed E-state index contributed by atoms with van der Waals surface area (Å²) in [6.07, 6.45) is 0.707. The van der Waals surface area contributed by atoms with Crippen molar-refractivity contribution in [1.29, 1.82) is 0 Å². The van der Waals surface area contributed by atoms with Crippen molar-refractivity contribution in [3.63, 3.8) is 0 Å². The minimum absolute atomic E-state index is 0.158. The minimum atomic E-state index is -3.73. The Balaban J connectivity index is 1.75. The minimum Gasteiger partial charge on any atom is -0.497 e. The van der Waals surface area contributed by atoms with E-state index in [1.165, 1.54) is 18.2 Å². The van der Waals surface area contributed by atoms with Gasteiger partial charge in [-0.3, -0.25) is 9.52 Å².